The number of benzene rings is 2. The number of hydrogen-bond acceptors (Lipinski definition) is 7. The van der Waals surface area contributed by atoms with Crippen LogP contribution in [0.4, 0.5) is 4.39 Å². The summed E-state index contributed by atoms with van der Waals surface area (Å²) in [5.41, 5.74) is 1.09. The van der Waals surface area contributed by atoms with Crippen LogP contribution >= 0.6 is 0 Å². The molecule has 10 nitrogen and oxygen atoms in total. The van der Waals surface area contributed by atoms with Gasteiger partial charge in [-0.2, -0.15) is 5.10 Å². The zero-order chi connectivity index (χ0) is 32.5. The number of aromatic nitrogens is 2. The van der Waals surface area contributed by atoms with Gasteiger partial charge >= 0.3 is 0 Å². The number of amides is 2. The van der Waals surface area contributed by atoms with E-state index in [0.29, 0.717) is 61.9 Å². The molecule has 0 spiro atoms. The van der Waals surface area contributed by atoms with Crippen molar-refractivity contribution in [1.29, 1.82) is 0 Å². The first-order valence-corrected chi connectivity index (χ1v) is 16.3. The van der Waals surface area contributed by atoms with E-state index >= 15 is 0 Å². The van der Waals surface area contributed by atoms with Crippen molar-refractivity contribution in [3.63, 3.8) is 0 Å². The number of carbonyl (C=O) groups excluding carboxylic acids is 2. The molecule has 0 unspecified atom stereocenters. The zero-order valence-electron chi connectivity index (χ0n) is 26.7. The smallest absolute Gasteiger partial charge is 0.272 e. The highest BCUT2D eigenvalue weighted by molar-refractivity contribution is 5.95. The molecular weight excluding hydrogens is 587 g/mol. The molecule has 0 radical (unpaired) electrons. The Morgan fingerprint density at radius 1 is 0.978 bits per heavy atom. The number of likely N-dealkylation sites (tertiary alicyclic amines) is 1. The van der Waals surface area contributed by atoms with Crippen LogP contribution in [0, 0.1) is 5.82 Å². The summed E-state index contributed by atoms with van der Waals surface area (Å²) in [5, 5.41) is 11.3. The highest BCUT2D eigenvalue weighted by atomic mass is 19.1. The summed E-state index contributed by atoms with van der Waals surface area (Å²) >= 11 is 0. The van der Waals surface area contributed by atoms with Gasteiger partial charge in [-0.15, -0.1) is 6.58 Å². The van der Waals surface area contributed by atoms with Crippen molar-refractivity contribution in [3.05, 3.63) is 88.1 Å². The van der Waals surface area contributed by atoms with E-state index in [1.165, 1.54) is 6.07 Å². The predicted octanol–water partition coefficient (Wildman–Crippen LogP) is 3.61. The monoisotopic (exact) mass is 634 g/mol. The van der Waals surface area contributed by atoms with Crippen LogP contribution < -0.4 is 10.9 Å². The summed E-state index contributed by atoms with van der Waals surface area (Å²) in [6.07, 6.45) is 6.73. The predicted molar refractivity (Wildman–Crippen MR) is 178 cm³/mol. The number of H-pyrrole nitrogens is 1. The summed E-state index contributed by atoms with van der Waals surface area (Å²) in [6, 6.07) is 11.7. The van der Waals surface area contributed by atoms with Gasteiger partial charge in [0.15, 0.2) is 0 Å². The van der Waals surface area contributed by atoms with Gasteiger partial charge in [-0.25, -0.2) is 9.49 Å². The first-order chi connectivity index (χ1) is 22.4. The van der Waals surface area contributed by atoms with Crippen LogP contribution in [-0.2, 0) is 16.0 Å². The number of halogens is 1. The molecule has 6 rings (SSSR count). The molecule has 0 saturated carbocycles. The Morgan fingerprint density at radius 2 is 1.61 bits per heavy atom. The van der Waals surface area contributed by atoms with Crippen molar-refractivity contribution in [2.24, 2.45) is 0 Å². The standard InChI is InChI=1S/C32H39FN6O4.C3H6.H2/c33-28-6-5-22(20-29-25-3-1-2-4-26(25)31(41)36-35-29)19-27(28)32(42)39-17-15-38(16-18-39)30(40)21-37-13-9-24(10-14-37)43-23-7-11-34-12-8-23;1-3-2;/h1-6,19,23-24,34H,7-18,20-21H2,(H,36,41);3H,1H2,2H3;1H. The quantitative estimate of drug-likeness (QED) is 0.382. The molecule has 46 heavy (non-hydrogen) atoms. The summed E-state index contributed by atoms with van der Waals surface area (Å²) in [5.74, 6) is -0.903. The molecule has 0 atom stereocenters. The summed E-state index contributed by atoms with van der Waals surface area (Å²) in [7, 11) is 0. The SMILES string of the molecule is C=CC.O=C(CN1CCC(OC2CCNCC2)CC1)N1CCN(C(=O)c2cc(Cc3n[nH]c(=O)c4ccccc34)ccc2F)CC1.[HH]. The summed E-state index contributed by atoms with van der Waals surface area (Å²) < 4.78 is 21.1. The first kappa shape index (κ1) is 33.4. The molecule has 248 valence electrons. The topological polar surface area (TPSA) is 111 Å². The minimum Gasteiger partial charge on any atom is -0.375 e. The van der Waals surface area contributed by atoms with Crippen molar-refractivity contribution >= 4 is 22.6 Å². The second-order valence-electron chi connectivity index (χ2n) is 12.2. The second kappa shape index (κ2) is 16.1. The highest BCUT2D eigenvalue weighted by Gasteiger charge is 2.29. The largest absolute Gasteiger partial charge is 0.375 e. The van der Waals surface area contributed by atoms with Crippen LogP contribution in [0.1, 0.15) is 55.6 Å². The molecule has 2 amide bonds. The van der Waals surface area contributed by atoms with Gasteiger partial charge in [-0.3, -0.25) is 19.3 Å². The fraction of sp³-hybridized carbons (Fsp3) is 0.486. The van der Waals surface area contributed by atoms with Gasteiger partial charge < -0.3 is 19.9 Å². The number of rotatable bonds is 7. The molecule has 3 aromatic rings. The maximum atomic E-state index is 14.9. The summed E-state index contributed by atoms with van der Waals surface area (Å²) in [6.45, 7) is 10.9. The van der Waals surface area contributed by atoms with Crippen LogP contribution in [0.15, 0.2) is 59.9 Å². The molecule has 3 aliphatic rings. The van der Waals surface area contributed by atoms with E-state index in [4.69, 9.17) is 4.74 Å². The van der Waals surface area contributed by atoms with Crippen molar-refractivity contribution in [1.82, 2.24) is 30.2 Å². The van der Waals surface area contributed by atoms with E-state index in [0.717, 1.165) is 57.2 Å². The van der Waals surface area contributed by atoms with E-state index in [1.807, 2.05) is 19.1 Å². The fourth-order valence-corrected chi connectivity index (χ4v) is 6.37. The van der Waals surface area contributed by atoms with Crippen molar-refractivity contribution in [2.75, 3.05) is 58.9 Å². The van der Waals surface area contributed by atoms with Crippen LogP contribution in [0.3, 0.4) is 0 Å². The van der Waals surface area contributed by atoms with E-state index in [1.54, 1.807) is 40.1 Å². The third kappa shape index (κ3) is 8.45. The van der Waals surface area contributed by atoms with Crippen LogP contribution in [0.25, 0.3) is 10.8 Å². The lowest BCUT2D eigenvalue weighted by Gasteiger charge is -2.38. The van der Waals surface area contributed by atoms with Gasteiger partial charge in [-0.05, 0) is 69.5 Å². The number of hydrogen-bond donors (Lipinski definition) is 2. The Balaban J connectivity index is 0.00000120. The van der Waals surface area contributed by atoms with Crippen molar-refractivity contribution in [2.45, 2.75) is 51.2 Å². The molecule has 3 saturated heterocycles. The maximum Gasteiger partial charge on any atom is 0.272 e. The van der Waals surface area contributed by atoms with E-state index in [9.17, 15) is 18.8 Å². The van der Waals surface area contributed by atoms with Gasteiger partial charge in [0.2, 0.25) is 5.91 Å². The van der Waals surface area contributed by atoms with Gasteiger partial charge in [0.1, 0.15) is 5.82 Å². The molecule has 3 aliphatic heterocycles. The number of piperazine rings is 1. The lowest BCUT2D eigenvalue weighted by Crippen LogP contribution is -2.53. The number of nitrogens with one attached hydrogen (secondary N) is 2. The molecule has 2 N–H and O–H groups in total. The number of ether oxygens (including phenoxy) is 1. The Bertz CT molecular complexity index is 1560. The fourth-order valence-electron chi connectivity index (χ4n) is 6.37. The Morgan fingerprint density at radius 3 is 2.30 bits per heavy atom. The number of piperidine rings is 2. The molecular formula is C35H47FN6O4. The number of carbonyl (C=O) groups is 2. The maximum absolute atomic E-state index is 14.9. The average molecular weight is 635 g/mol. The Labute approximate surface area is 271 Å². The minimum absolute atomic E-state index is 0. The zero-order valence-corrected chi connectivity index (χ0v) is 26.7. The highest BCUT2D eigenvalue weighted by Crippen LogP contribution is 2.21. The first-order valence-electron chi connectivity index (χ1n) is 16.3. The Hall–Kier alpha value is -3.93. The van der Waals surface area contributed by atoms with E-state index in [-0.39, 0.29) is 30.5 Å². The van der Waals surface area contributed by atoms with Crippen molar-refractivity contribution in [3.8, 4) is 0 Å². The Kier molecular flexibility index (Phi) is 11.7. The average Bonchev–Trinajstić information content (AvgIpc) is 3.08. The second-order valence-corrected chi connectivity index (χ2v) is 12.2. The number of allylic oxidation sites excluding steroid dienone is 1. The minimum atomic E-state index is -0.584. The van der Waals surface area contributed by atoms with Gasteiger partial charge in [0, 0.05) is 52.5 Å². The third-order valence-corrected chi connectivity index (χ3v) is 8.89. The van der Waals surface area contributed by atoms with Crippen molar-refractivity contribution < 1.29 is 20.1 Å². The van der Waals surface area contributed by atoms with Crippen LogP contribution in [0.2, 0.25) is 0 Å². The molecule has 11 heteroatoms. The van der Waals surface area contributed by atoms with E-state index in [2.05, 4.69) is 27.0 Å². The lowest BCUT2D eigenvalue weighted by atomic mass is 10.0. The molecule has 4 heterocycles. The van der Waals surface area contributed by atoms with Gasteiger partial charge in [0.25, 0.3) is 11.5 Å². The lowest BCUT2D eigenvalue weighted by molar-refractivity contribution is -0.135. The van der Waals surface area contributed by atoms with Crippen LogP contribution in [0.5, 0.6) is 0 Å². The summed E-state index contributed by atoms with van der Waals surface area (Å²) in [4.78, 5) is 44.2. The van der Waals surface area contributed by atoms with Gasteiger partial charge in [0.05, 0.1) is 35.4 Å². The number of nitrogens with zero attached hydrogens (tertiary/aromatic N) is 4. The molecule has 0 aliphatic carbocycles. The molecule has 1 aromatic heterocycles. The molecule has 2 aromatic carbocycles. The normalized spacial score (nSPS) is 18.2. The number of fused-ring (bicyclic) bond motifs is 1. The van der Waals surface area contributed by atoms with Crippen LogP contribution in [-0.4, -0.2) is 108 Å². The third-order valence-electron chi connectivity index (χ3n) is 8.89. The van der Waals surface area contributed by atoms with Gasteiger partial charge in [-0.1, -0.05) is 30.3 Å². The molecule has 0 bridgehead atoms. The molecule has 3 fully saturated rings. The number of aromatic amines is 1. The van der Waals surface area contributed by atoms with E-state index < -0.39 is 5.82 Å².